The predicted molar refractivity (Wildman–Crippen MR) is 150 cm³/mol. The first-order valence-electron chi connectivity index (χ1n) is 13.3. The number of methoxy groups -OCH3 is 1. The number of amides is 1. The van der Waals surface area contributed by atoms with Gasteiger partial charge >= 0.3 is 5.97 Å². The molecule has 2 aromatic heterocycles. The van der Waals surface area contributed by atoms with E-state index in [4.69, 9.17) is 9.47 Å². The molecule has 1 unspecified atom stereocenters. The quantitative estimate of drug-likeness (QED) is 0.256. The number of anilines is 1. The highest BCUT2D eigenvalue weighted by Gasteiger charge is 2.29. The van der Waals surface area contributed by atoms with Crippen LogP contribution in [0.3, 0.4) is 0 Å². The van der Waals surface area contributed by atoms with Gasteiger partial charge in [0.05, 0.1) is 24.5 Å². The molecule has 1 fully saturated rings. The van der Waals surface area contributed by atoms with Gasteiger partial charge in [0, 0.05) is 17.0 Å². The van der Waals surface area contributed by atoms with Crippen LogP contribution in [0.25, 0.3) is 11.4 Å². The Morgan fingerprint density at radius 3 is 2.63 bits per heavy atom. The monoisotopic (exact) mass is 554 g/mol. The lowest BCUT2D eigenvalue weighted by molar-refractivity contribution is -0.113. The summed E-state index contributed by atoms with van der Waals surface area (Å²) in [5.41, 5.74) is 2.49. The van der Waals surface area contributed by atoms with E-state index in [1.165, 1.54) is 47.9 Å². The summed E-state index contributed by atoms with van der Waals surface area (Å²) < 4.78 is 13.1. The summed E-state index contributed by atoms with van der Waals surface area (Å²) in [6.45, 7) is 4.93. The van der Waals surface area contributed by atoms with Crippen LogP contribution >= 0.6 is 23.1 Å². The molecule has 2 heterocycles. The van der Waals surface area contributed by atoms with Gasteiger partial charge in [-0.1, -0.05) is 18.7 Å². The van der Waals surface area contributed by atoms with E-state index < -0.39 is 5.97 Å². The zero-order chi connectivity index (χ0) is 26.6. The molecule has 5 rings (SSSR count). The molecule has 1 amide bonds. The number of carbonyl (C=O) groups excluding carboxylic acids is 2. The Labute approximate surface area is 231 Å². The van der Waals surface area contributed by atoms with Crippen molar-refractivity contribution < 1.29 is 19.1 Å². The van der Waals surface area contributed by atoms with Crippen LogP contribution in [-0.4, -0.2) is 45.6 Å². The van der Waals surface area contributed by atoms with E-state index >= 15 is 0 Å². The van der Waals surface area contributed by atoms with Crippen molar-refractivity contribution in [2.45, 2.75) is 76.6 Å². The molecule has 0 saturated heterocycles. The third kappa shape index (κ3) is 5.76. The molecule has 8 nitrogen and oxygen atoms in total. The van der Waals surface area contributed by atoms with Gasteiger partial charge in [-0.15, -0.1) is 21.5 Å². The third-order valence-corrected chi connectivity index (χ3v) is 9.37. The Morgan fingerprint density at radius 2 is 1.92 bits per heavy atom. The minimum Gasteiger partial charge on any atom is -0.490 e. The minimum absolute atomic E-state index is 0.159. The topological polar surface area (TPSA) is 95.3 Å². The lowest BCUT2D eigenvalue weighted by Gasteiger charge is -2.18. The van der Waals surface area contributed by atoms with E-state index in [0.29, 0.717) is 34.3 Å². The van der Waals surface area contributed by atoms with Crippen LogP contribution in [0.1, 0.15) is 66.8 Å². The molecule has 0 aliphatic heterocycles. The summed E-state index contributed by atoms with van der Waals surface area (Å²) in [5.74, 6) is 1.78. The number of benzene rings is 1. The SMILES string of the molecule is CCn1c(SCC(=O)Nc2sc3c(c2C(=O)OC)CCC(C)C3)nnc1-c1ccc(OC2CCCC2)cc1. The second kappa shape index (κ2) is 11.9. The summed E-state index contributed by atoms with van der Waals surface area (Å²) in [7, 11) is 1.38. The zero-order valence-corrected chi connectivity index (χ0v) is 23.8. The average Bonchev–Trinajstić information content (AvgIpc) is 3.66. The molecule has 0 spiro atoms. The van der Waals surface area contributed by atoms with E-state index in [9.17, 15) is 9.59 Å². The largest absolute Gasteiger partial charge is 0.490 e. The first-order valence-corrected chi connectivity index (χ1v) is 15.1. The Hall–Kier alpha value is -2.85. The predicted octanol–water partition coefficient (Wildman–Crippen LogP) is 5.99. The van der Waals surface area contributed by atoms with Gasteiger partial charge in [-0.3, -0.25) is 4.79 Å². The van der Waals surface area contributed by atoms with Crippen molar-refractivity contribution in [1.29, 1.82) is 0 Å². The van der Waals surface area contributed by atoms with Crippen LogP contribution in [-0.2, 0) is 28.9 Å². The Kier molecular flexibility index (Phi) is 8.38. The van der Waals surface area contributed by atoms with Gasteiger partial charge in [0.2, 0.25) is 5.91 Å². The number of fused-ring (bicyclic) bond motifs is 1. The van der Waals surface area contributed by atoms with Gasteiger partial charge in [0.15, 0.2) is 11.0 Å². The lowest BCUT2D eigenvalue weighted by Crippen LogP contribution is -2.17. The standard InChI is InChI=1S/C28H34N4O4S2/c1-4-32-25(18-10-12-20(13-11-18)36-19-7-5-6-8-19)30-31-28(32)37-16-23(33)29-26-24(27(34)35-3)21-14-9-17(2)15-22(21)38-26/h10-13,17,19H,4-9,14-16H2,1-3H3,(H,29,33). The molecule has 10 heteroatoms. The van der Waals surface area contributed by atoms with Crippen molar-refractivity contribution in [2.24, 2.45) is 5.92 Å². The fraction of sp³-hybridized carbons (Fsp3) is 0.500. The fourth-order valence-electron chi connectivity index (χ4n) is 5.22. The molecule has 1 N–H and O–H groups in total. The summed E-state index contributed by atoms with van der Waals surface area (Å²) in [6.07, 6.45) is 7.83. The molecule has 1 saturated carbocycles. The van der Waals surface area contributed by atoms with E-state index in [-0.39, 0.29) is 11.7 Å². The number of ether oxygens (including phenoxy) is 2. The number of rotatable bonds is 9. The highest BCUT2D eigenvalue weighted by molar-refractivity contribution is 7.99. The first-order chi connectivity index (χ1) is 18.5. The molecule has 1 atom stereocenters. The maximum Gasteiger partial charge on any atom is 0.341 e. The highest BCUT2D eigenvalue weighted by Crippen LogP contribution is 2.40. The van der Waals surface area contributed by atoms with Gasteiger partial charge < -0.3 is 19.4 Å². The van der Waals surface area contributed by atoms with Crippen molar-refractivity contribution in [3.8, 4) is 17.1 Å². The minimum atomic E-state index is -0.393. The first kappa shape index (κ1) is 26.7. The maximum absolute atomic E-state index is 12.9. The Balaban J connectivity index is 1.25. The van der Waals surface area contributed by atoms with Crippen molar-refractivity contribution in [3.63, 3.8) is 0 Å². The number of thiophene rings is 1. The summed E-state index contributed by atoms with van der Waals surface area (Å²) in [6, 6.07) is 8.00. The molecule has 202 valence electrons. The fourth-order valence-corrected chi connectivity index (χ4v) is 7.44. The number of esters is 1. The van der Waals surface area contributed by atoms with Crippen LogP contribution in [0.2, 0.25) is 0 Å². The van der Waals surface area contributed by atoms with Crippen LogP contribution in [0, 0.1) is 5.92 Å². The van der Waals surface area contributed by atoms with E-state index in [1.807, 2.05) is 35.8 Å². The van der Waals surface area contributed by atoms with E-state index in [0.717, 1.165) is 54.8 Å². The Morgan fingerprint density at radius 1 is 1.16 bits per heavy atom. The maximum atomic E-state index is 12.9. The molecule has 0 bridgehead atoms. The van der Waals surface area contributed by atoms with Gasteiger partial charge in [-0.2, -0.15) is 0 Å². The molecule has 0 radical (unpaired) electrons. The summed E-state index contributed by atoms with van der Waals surface area (Å²) in [4.78, 5) is 26.6. The summed E-state index contributed by atoms with van der Waals surface area (Å²) in [5, 5.41) is 13.0. The molecule has 38 heavy (non-hydrogen) atoms. The van der Waals surface area contributed by atoms with Crippen LogP contribution in [0.5, 0.6) is 5.75 Å². The van der Waals surface area contributed by atoms with E-state index in [2.05, 4.69) is 22.4 Å². The van der Waals surface area contributed by atoms with Crippen LogP contribution in [0.4, 0.5) is 5.00 Å². The average molecular weight is 555 g/mol. The van der Waals surface area contributed by atoms with Crippen molar-refractivity contribution in [3.05, 3.63) is 40.3 Å². The van der Waals surface area contributed by atoms with Gasteiger partial charge in [0.25, 0.3) is 0 Å². The number of carbonyl (C=O) groups is 2. The number of hydrogen-bond donors (Lipinski definition) is 1. The smallest absolute Gasteiger partial charge is 0.341 e. The zero-order valence-electron chi connectivity index (χ0n) is 22.1. The normalized spacial score (nSPS) is 17.3. The molecule has 2 aliphatic rings. The number of aromatic nitrogens is 3. The molecule has 3 aromatic rings. The molecule has 2 aliphatic carbocycles. The number of nitrogens with one attached hydrogen (secondary N) is 1. The lowest BCUT2D eigenvalue weighted by atomic mass is 9.88. The number of thioether (sulfide) groups is 1. The van der Waals surface area contributed by atoms with Gasteiger partial charge in [0.1, 0.15) is 10.8 Å². The van der Waals surface area contributed by atoms with E-state index in [1.54, 1.807) is 0 Å². The highest BCUT2D eigenvalue weighted by atomic mass is 32.2. The van der Waals surface area contributed by atoms with Crippen molar-refractivity contribution in [1.82, 2.24) is 14.8 Å². The molecule has 1 aromatic carbocycles. The molecular formula is C28H34N4O4S2. The second-order valence-electron chi connectivity index (χ2n) is 9.98. The number of hydrogen-bond acceptors (Lipinski definition) is 8. The second-order valence-corrected chi connectivity index (χ2v) is 12.0. The van der Waals surface area contributed by atoms with Gasteiger partial charge in [-0.05, 0) is 87.6 Å². The van der Waals surface area contributed by atoms with Crippen LogP contribution in [0.15, 0.2) is 29.4 Å². The third-order valence-electron chi connectivity index (χ3n) is 7.24. The molecular weight excluding hydrogens is 520 g/mol. The Bertz CT molecular complexity index is 1290. The number of nitrogens with zero attached hydrogens (tertiary/aromatic N) is 3. The van der Waals surface area contributed by atoms with Crippen LogP contribution < -0.4 is 10.1 Å². The summed E-state index contributed by atoms with van der Waals surface area (Å²) >= 11 is 2.83. The van der Waals surface area contributed by atoms with Crippen molar-refractivity contribution in [2.75, 3.05) is 18.2 Å². The van der Waals surface area contributed by atoms with Gasteiger partial charge in [-0.25, -0.2) is 4.79 Å². The van der Waals surface area contributed by atoms with Crippen molar-refractivity contribution >= 4 is 40.0 Å².